The number of nitrogens with one attached hydrogen (secondary N) is 1. The van der Waals surface area contributed by atoms with Gasteiger partial charge in [-0.25, -0.2) is 0 Å². The summed E-state index contributed by atoms with van der Waals surface area (Å²) < 4.78 is 0. The smallest absolute Gasteiger partial charge is 0.239 e. The minimum atomic E-state index is -0.524. The van der Waals surface area contributed by atoms with E-state index in [-0.39, 0.29) is 38.8 Å². The average molecular weight is 613 g/mol. The van der Waals surface area contributed by atoms with Crippen LogP contribution in [0.3, 0.4) is 0 Å². The van der Waals surface area contributed by atoms with Gasteiger partial charge in [-0.05, 0) is 96.6 Å². The molecular formula is C40H61BN2O2. The lowest BCUT2D eigenvalue weighted by Gasteiger charge is -2.70. The lowest BCUT2D eigenvalue weighted by Crippen LogP contribution is -2.64. The summed E-state index contributed by atoms with van der Waals surface area (Å²) in [6.45, 7) is 16.5. The van der Waals surface area contributed by atoms with Crippen molar-refractivity contribution in [3.05, 3.63) is 23.3 Å². The Bertz CT molecular complexity index is 1310. The highest BCUT2D eigenvalue weighted by Crippen LogP contribution is 2.75. The van der Waals surface area contributed by atoms with E-state index in [1.807, 2.05) is 0 Å². The Hall–Kier alpha value is -1.83. The molecule has 2 unspecified atom stereocenters. The van der Waals surface area contributed by atoms with E-state index in [1.165, 1.54) is 51.4 Å². The van der Waals surface area contributed by atoms with Crippen LogP contribution in [0.15, 0.2) is 23.3 Å². The molecule has 0 aromatic carbocycles. The van der Waals surface area contributed by atoms with Crippen LogP contribution in [-0.2, 0) is 9.59 Å². The van der Waals surface area contributed by atoms with Gasteiger partial charge in [-0.15, -0.1) is 0 Å². The zero-order valence-corrected chi connectivity index (χ0v) is 29.7. The molecule has 45 heavy (non-hydrogen) atoms. The Labute approximate surface area is 275 Å². The Balaban J connectivity index is 1.33. The molecule has 0 heterocycles. The van der Waals surface area contributed by atoms with Crippen molar-refractivity contribution in [3.8, 4) is 6.07 Å². The minimum absolute atomic E-state index is 0.00972. The van der Waals surface area contributed by atoms with Crippen LogP contribution in [0.2, 0.25) is 5.82 Å². The molecular weight excluding hydrogens is 551 g/mol. The van der Waals surface area contributed by atoms with Crippen LogP contribution in [0.25, 0.3) is 0 Å². The quantitative estimate of drug-likeness (QED) is 0.255. The normalized spacial score (nSPS) is 42.8. The Morgan fingerprint density at radius 2 is 1.51 bits per heavy atom. The van der Waals surface area contributed by atoms with Gasteiger partial charge in [0.2, 0.25) is 13.3 Å². The summed E-state index contributed by atoms with van der Waals surface area (Å²) >= 11 is 0. The summed E-state index contributed by atoms with van der Waals surface area (Å²) in [6, 6.07) is 2.30. The van der Waals surface area contributed by atoms with Crippen molar-refractivity contribution in [2.75, 3.05) is 0 Å². The van der Waals surface area contributed by atoms with Gasteiger partial charge < -0.3 is 5.23 Å². The number of nitriles is 1. The van der Waals surface area contributed by atoms with Crippen LogP contribution in [0, 0.1) is 61.6 Å². The van der Waals surface area contributed by atoms with Crippen LogP contribution >= 0.6 is 0 Å². The molecule has 5 heteroatoms. The molecule has 1 N–H and O–H groups in total. The lowest BCUT2D eigenvalue weighted by atomic mass is 9.34. The number of ketones is 1. The van der Waals surface area contributed by atoms with Crippen molar-refractivity contribution in [1.29, 1.82) is 5.26 Å². The van der Waals surface area contributed by atoms with Crippen molar-refractivity contribution < 1.29 is 9.59 Å². The minimum Gasteiger partial charge on any atom is -0.402 e. The second-order valence-electron chi connectivity index (χ2n) is 18.7. The molecule has 0 aromatic heterocycles. The maximum absolute atomic E-state index is 14.6. The summed E-state index contributed by atoms with van der Waals surface area (Å²) in [5.74, 6) is 1.90. The highest BCUT2D eigenvalue weighted by Gasteiger charge is 2.69. The van der Waals surface area contributed by atoms with Crippen molar-refractivity contribution in [3.63, 3.8) is 0 Å². The summed E-state index contributed by atoms with van der Waals surface area (Å²) in [5.41, 5.74) is 1.22. The maximum atomic E-state index is 14.6. The van der Waals surface area contributed by atoms with E-state index in [0.29, 0.717) is 29.1 Å². The number of rotatable bonds is 3. The molecule has 0 aromatic rings. The summed E-state index contributed by atoms with van der Waals surface area (Å²) in [7, 11) is 0.856. The van der Waals surface area contributed by atoms with Gasteiger partial charge in [0.1, 0.15) is 6.07 Å². The van der Waals surface area contributed by atoms with Gasteiger partial charge in [0.05, 0.1) is 11.0 Å². The van der Waals surface area contributed by atoms with Crippen molar-refractivity contribution in [2.24, 2.45) is 50.2 Å². The number of allylic oxidation sites excluding steroid dienone is 4. The first-order valence-electron chi connectivity index (χ1n) is 18.8. The van der Waals surface area contributed by atoms with E-state index in [0.717, 1.165) is 58.8 Å². The van der Waals surface area contributed by atoms with Crippen LogP contribution < -0.4 is 5.23 Å². The highest BCUT2D eigenvalue weighted by molar-refractivity contribution is 6.39. The number of carbonyl (C=O) groups is 2. The van der Waals surface area contributed by atoms with Gasteiger partial charge in [0.15, 0.2) is 5.78 Å². The number of Topliss-reactive ketones (excluding diaryl/α,β-unsaturated/α-hetero) is 1. The third kappa shape index (κ3) is 5.04. The average Bonchev–Trinajstić information content (AvgIpc) is 3.12. The number of nitrogens with zero attached hydrogens (tertiary/aromatic N) is 1. The first-order chi connectivity index (χ1) is 21.1. The topological polar surface area (TPSA) is 70.0 Å². The van der Waals surface area contributed by atoms with E-state index in [9.17, 15) is 14.9 Å². The first-order valence-corrected chi connectivity index (χ1v) is 18.8. The second kappa shape index (κ2) is 11.4. The molecule has 0 bridgehead atoms. The van der Waals surface area contributed by atoms with Crippen LogP contribution in [0.4, 0.5) is 0 Å². The zero-order valence-electron chi connectivity index (χ0n) is 29.7. The molecule has 7 atom stereocenters. The SMILES string of the molecule is CC1(C)CCC2(C(=O)NBC3CCCCCCCC3)CC[C@]3(C)C(=CCC4[C@@]5(C)C=C(C#N)C(=O)C(C)(C)[C@@H]5CC[C@]43C)[C@@H]2C1. The molecule has 0 radical (unpaired) electrons. The predicted octanol–water partition coefficient (Wildman–Crippen LogP) is 9.42. The second-order valence-corrected chi connectivity index (χ2v) is 18.7. The molecule has 6 aliphatic rings. The standard InChI is InChI=1S/C40H61BN2O2/c1-35(2)20-22-40(34(45)43-41-28-14-12-10-8-9-11-13-15-28)23-21-38(6)29(30(40)25-35)16-17-32-37(5)24-27(26-42)33(44)36(3,4)31(37)18-19-39(32,38)7/h16,24,28,30-32,41H,8-15,17-23,25H2,1-7H3,(H,43,45)/t30-,31-,32?,37-,38+,39+,40?/m0/s1. The third-order valence-corrected chi connectivity index (χ3v) is 15.6. The molecule has 4 nitrogen and oxygen atoms in total. The van der Waals surface area contributed by atoms with Gasteiger partial charge in [0.25, 0.3) is 0 Å². The number of hydrogen-bond acceptors (Lipinski definition) is 3. The molecule has 1 amide bonds. The molecule has 6 aliphatic carbocycles. The monoisotopic (exact) mass is 612 g/mol. The fraction of sp³-hybridized carbons (Fsp3) is 0.825. The van der Waals surface area contributed by atoms with E-state index in [2.05, 4.69) is 71.9 Å². The molecule has 6 rings (SSSR count). The fourth-order valence-corrected chi connectivity index (χ4v) is 12.6. The van der Waals surface area contributed by atoms with Crippen LogP contribution in [0.1, 0.15) is 151 Å². The van der Waals surface area contributed by atoms with E-state index in [4.69, 9.17) is 0 Å². The number of amides is 1. The largest absolute Gasteiger partial charge is 0.402 e. The van der Waals surface area contributed by atoms with Crippen molar-refractivity contribution >= 4 is 19.1 Å². The van der Waals surface area contributed by atoms with Gasteiger partial charge >= 0.3 is 0 Å². The van der Waals surface area contributed by atoms with Gasteiger partial charge in [-0.2, -0.15) is 5.26 Å². The highest BCUT2D eigenvalue weighted by atomic mass is 16.2. The summed E-state index contributed by atoms with van der Waals surface area (Å²) in [6.07, 6.45) is 23.6. The van der Waals surface area contributed by atoms with E-state index in [1.54, 1.807) is 5.57 Å². The van der Waals surface area contributed by atoms with Crippen LogP contribution in [-0.4, -0.2) is 19.1 Å². The molecule has 0 aliphatic heterocycles. The van der Waals surface area contributed by atoms with Crippen molar-refractivity contribution in [1.82, 2.24) is 5.23 Å². The van der Waals surface area contributed by atoms with Crippen molar-refractivity contribution in [2.45, 2.75) is 157 Å². The molecule has 4 fully saturated rings. The Kier molecular flexibility index (Phi) is 8.39. The maximum Gasteiger partial charge on any atom is 0.239 e. The van der Waals surface area contributed by atoms with Gasteiger partial charge in [0, 0.05) is 5.41 Å². The van der Waals surface area contributed by atoms with E-state index < -0.39 is 5.41 Å². The zero-order chi connectivity index (χ0) is 32.5. The molecule has 0 spiro atoms. The fourth-order valence-electron chi connectivity index (χ4n) is 12.6. The van der Waals surface area contributed by atoms with E-state index >= 15 is 0 Å². The number of fused-ring (bicyclic) bond motifs is 7. The molecule has 246 valence electrons. The molecule has 0 saturated heterocycles. The Morgan fingerprint density at radius 1 is 0.867 bits per heavy atom. The predicted molar refractivity (Wildman–Crippen MR) is 184 cm³/mol. The van der Waals surface area contributed by atoms with Gasteiger partial charge in [-0.3, -0.25) is 9.59 Å². The number of carbonyl (C=O) groups excluding carboxylic acids is 2. The third-order valence-electron chi connectivity index (χ3n) is 15.6. The summed E-state index contributed by atoms with van der Waals surface area (Å²) in [5, 5.41) is 13.6. The van der Waals surface area contributed by atoms with Gasteiger partial charge in [-0.1, -0.05) is 118 Å². The molecule has 4 saturated carbocycles. The Morgan fingerprint density at radius 3 is 2.18 bits per heavy atom. The lowest BCUT2D eigenvalue weighted by molar-refractivity contribution is -0.165. The first kappa shape index (κ1) is 33.1. The summed E-state index contributed by atoms with van der Waals surface area (Å²) in [4.78, 5) is 28.0. The van der Waals surface area contributed by atoms with Crippen LogP contribution in [0.5, 0.6) is 0 Å². The number of hydrogen-bond donors (Lipinski definition) is 1.